The molecular formula is C21H22N4O4S. The van der Waals surface area contributed by atoms with Crippen LogP contribution in [-0.2, 0) is 4.79 Å². The van der Waals surface area contributed by atoms with Gasteiger partial charge in [-0.2, -0.15) is 0 Å². The standard InChI is InChI=1S/C21H22N4O4S/c1-3-11(2)30-21-23-19-18(20(27)24-21)16(12-6-4-7-13(10-12)25(28)29)17-14(22-19)8-5-9-15(17)26/h4,6-7,10-11,16H,3,5,8-9H2,1-2H3,(H2,22,23,24,27)/t11-,16-/m0/s1. The number of fused-ring (bicyclic) bond motifs is 1. The Labute approximate surface area is 177 Å². The highest BCUT2D eigenvalue weighted by Crippen LogP contribution is 2.44. The summed E-state index contributed by atoms with van der Waals surface area (Å²) < 4.78 is 0. The van der Waals surface area contributed by atoms with Crippen molar-refractivity contribution in [2.24, 2.45) is 0 Å². The van der Waals surface area contributed by atoms with Gasteiger partial charge in [0.15, 0.2) is 10.9 Å². The van der Waals surface area contributed by atoms with Gasteiger partial charge in [-0.3, -0.25) is 19.7 Å². The summed E-state index contributed by atoms with van der Waals surface area (Å²) in [6.45, 7) is 4.12. The highest BCUT2D eigenvalue weighted by Gasteiger charge is 2.38. The zero-order valence-electron chi connectivity index (χ0n) is 16.7. The lowest BCUT2D eigenvalue weighted by Crippen LogP contribution is -2.32. The molecule has 2 aliphatic rings. The number of aromatic amines is 1. The zero-order chi connectivity index (χ0) is 21.4. The van der Waals surface area contributed by atoms with Gasteiger partial charge < -0.3 is 10.3 Å². The average molecular weight is 426 g/mol. The van der Waals surface area contributed by atoms with Crippen LogP contribution in [0, 0.1) is 10.1 Å². The molecule has 0 unspecified atom stereocenters. The molecule has 0 saturated carbocycles. The van der Waals surface area contributed by atoms with Crippen molar-refractivity contribution in [3.8, 4) is 0 Å². The molecule has 0 bridgehead atoms. The van der Waals surface area contributed by atoms with Crippen LogP contribution < -0.4 is 10.9 Å². The number of ketones is 1. The van der Waals surface area contributed by atoms with E-state index in [1.807, 2.05) is 0 Å². The summed E-state index contributed by atoms with van der Waals surface area (Å²) in [4.78, 5) is 44.2. The molecule has 1 aromatic heterocycles. The Morgan fingerprint density at radius 1 is 1.33 bits per heavy atom. The molecule has 2 heterocycles. The fourth-order valence-corrected chi connectivity index (χ4v) is 4.76. The van der Waals surface area contributed by atoms with Crippen molar-refractivity contribution in [3.05, 3.63) is 67.1 Å². The number of nitrogens with zero attached hydrogens (tertiary/aromatic N) is 2. The van der Waals surface area contributed by atoms with Crippen LogP contribution in [0.2, 0.25) is 0 Å². The van der Waals surface area contributed by atoms with Gasteiger partial charge in [-0.05, 0) is 24.8 Å². The van der Waals surface area contributed by atoms with Gasteiger partial charge in [0.1, 0.15) is 5.82 Å². The summed E-state index contributed by atoms with van der Waals surface area (Å²) in [6, 6.07) is 6.14. The Hall–Kier alpha value is -2.94. The summed E-state index contributed by atoms with van der Waals surface area (Å²) in [5, 5.41) is 15.3. The molecule has 0 spiro atoms. The maximum Gasteiger partial charge on any atom is 0.269 e. The predicted octanol–water partition coefficient (Wildman–Crippen LogP) is 4.13. The first-order valence-electron chi connectivity index (χ1n) is 9.97. The number of hydrogen-bond donors (Lipinski definition) is 2. The smallest absolute Gasteiger partial charge is 0.269 e. The number of benzene rings is 1. The molecular weight excluding hydrogens is 404 g/mol. The van der Waals surface area contributed by atoms with Crippen LogP contribution in [0.5, 0.6) is 0 Å². The second-order valence-electron chi connectivity index (χ2n) is 7.55. The van der Waals surface area contributed by atoms with Gasteiger partial charge >= 0.3 is 0 Å². The summed E-state index contributed by atoms with van der Waals surface area (Å²) >= 11 is 1.48. The van der Waals surface area contributed by atoms with Gasteiger partial charge in [0.25, 0.3) is 11.2 Å². The van der Waals surface area contributed by atoms with Crippen LogP contribution in [0.25, 0.3) is 0 Å². The van der Waals surface area contributed by atoms with Crippen LogP contribution in [0.1, 0.15) is 56.6 Å². The predicted molar refractivity (Wildman–Crippen MR) is 115 cm³/mol. The van der Waals surface area contributed by atoms with Crippen LogP contribution in [0.4, 0.5) is 11.5 Å². The molecule has 0 fully saturated rings. The SMILES string of the molecule is CC[C@H](C)Sc1nc2c(c(=O)[nH]1)[C@@H](c1cccc([N+](=O)[O-])c1)C1=C(CCCC1=O)N2. The minimum atomic E-state index is -0.678. The third-order valence-corrected chi connectivity index (χ3v) is 6.69. The number of carbonyl (C=O) groups is 1. The molecule has 2 atom stereocenters. The van der Waals surface area contributed by atoms with Gasteiger partial charge in [-0.1, -0.05) is 37.7 Å². The summed E-state index contributed by atoms with van der Waals surface area (Å²) in [6.07, 6.45) is 2.72. The van der Waals surface area contributed by atoms with E-state index in [1.54, 1.807) is 12.1 Å². The lowest BCUT2D eigenvalue weighted by atomic mass is 9.76. The number of H-pyrrole nitrogens is 1. The number of hydrogen-bond acceptors (Lipinski definition) is 7. The van der Waals surface area contributed by atoms with Crippen LogP contribution >= 0.6 is 11.8 Å². The number of nitro groups is 1. The number of allylic oxidation sites excluding steroid dienone is 2. The lowest BCUT2D eigenvalue weighted by Gasteiger charge is -2.32. The second kappa shape index (κ2) is 8.06. The number of nitrogens with one attached hydrogen (secondary N) is 2. The topological polar surface area (TPSA) is 118 Å². The second-order valence-corrected chi connectivity index (χ2v) is 8.98. The molecule has 4 rings (SSSR count). The highest BCUT2D eigenvalue weighted by atomic mass is 32.2. The molecule has 2 aromatic rings. The van der Waals surface area contributed by atoms with E-state index in [0.717, 1.165) is 18.5 Å². The Balaban J connectivity index is 1.90. The molecule has 1 aliphatic carbocycles. The fourth-order valence-electron chi connectivity index (χ4n) is 3.92. The molecule has 0 radical (unpaired) electrons. The number of anilines is 1. The van der Waals surface area contributed by atoms with Crippen molar-refractivity contribution in [2.75, 3.05) is 5.32 Å². The van der Waals surface area contributed by atoms with E-state index < -0.39 is 10.8 Å². The molecule has 0 saturated heterocycles. The van der Waals surface area contributed by atoms with Crippen molar-refractivity contribution in [3.63, 3.8) is 0 Å². The van der Waals surface area contributed by atoms with E-state index in [9.17, 15) is 19.7 Å². The molecule has 0 amide bonds. The van der Waals surface area contributed by atoms with Crippen molar-refractivity contribution in [1.82, 2.24) is 9.97 Å². The third-order valence-electron chi connectivity index (χ3n) is 5.54. The molecule has 1 aromatic carbocycles. The van der Waals surface area contributed by atoms with Crippen molar-refractivity contribution in [1.29, 1.82) is 0 Å². The van der Waals surface area contributed by atoms with Gasteiger partial charge in [0, 0.05) is 41.0 Å². The van der Waals surface area contributed by atoms with Crippen molar-refractivity contribution in [2.45, 2.75) is 55.9 Å². The van der Waals surface area contributed by atoms with Crippen molar-refractivity contribution < 1.29 is 9.72 Å². The largest absolute Gasteiger partial charge is 0.343 e. The van der Waals surface area contributed by atoms with E-state index in [1.165, 1.54) is 23.9 Å². The Kier molecular flexibility index (Phi) is 5.46. The average Bonchev–Trinajstić information content (AvgIpc) is 2.72. The number of rotatable bonds is 5. The molecule has 156 valence electrons. The van der Waals surface area contributed by atoms with E-state index >= 15 is 0 Å². The molecule has 9 heteroatoms. The first-order chi connectivity index (χ1) is 14.4. The minimum absolute atomic E-state index is 0.0386. The highest BCUT2D eigenvalue weighted by molar-refractivity contribution is 7.99. The fraction of sp³-hybridized carbons (Fsp3) is 0.381. The third kappa shape index (κ3) is 3.65. The number of carbonyl (C=O) groups excluding carboxylic acids is 1. The first-order valence-corrected chi connectivity index (χ1v) is 10.9. The zero-order valence-corrected chi connectivity index (χ0v) is 17.5. The summed E-state index contributed by atoms with van der Waals surface area (Å²) in [5.41, 5.74) is 1.74. The van der Waals surface area contributed by atoms with Crippen LogP contribution in [0.3, 0.4) is 0 Å². The Morgan fingerprint density at radius 3 is 2.87 bits per heavy atom. The van der Waals surface area contributed by atoms with Crippen molar-refractivity contribution >= 4 is 29.1 Å². The summed E-state index contributed by atoms with van der Waals surface area (Å²) in [7, 11) is 0. The normalized spacial score (nSPS) is 19.0. The van der Waals surface area contributed by atoms with Gasteiger partial charge in [-0.15, -0.1) is 0 Å². The monoisotopic (exact) mass is 426 g/mol. The number of aromatic nitrogens is 2. The van der Waals surface area contributed by atoms with E-state index in [2.05, 4.69) is 29.1 Å². The number of Topliss-reactive ketones (excluding diaryl/α,β-unsaturated/α-hetero) is 1. The van der Waals surface area contributed by atoms with Gasteiger partial charge in [-0.25, -0.2) is 4.98 Å². The molecule has 8 nitrogen and oxygen atoms in total. The van der Waals surface area contributed by atoms with E-state index in [0.29, 0.717) is 40.5 Å². The number of thioether (sulfide) groups is 1. The van der Waals surface area contributed by atoms with E-state index in [-0.39, 0.29) is 22.3 Å². The number of nitro benzene ring substituents is 1. The Bertz CT molecular complexity index is 1120. The first kappa shape index (κ1) is 20.3. The molecule has 30 heavy (non-hydrogen) atoms. The molecule has 2 N–H and O–H groups in total. The van der Waals surface area contributed by atoms with E-state index in [4.69, 9.17) is 0 Å². The lowest BCUT2D eigenvalue weighted by molar-refractivity contribution is -0.384. The Morgan fingerprint density at radius 2 is 2.13 bits per heavy atom. The molecule has 1 aliphatic heterocycles. The van der Waals surface area contributed by atoms with Crippen LogP contribution in [0.15, 0.2) is 45.5 Å². The van der Waals surface area contributed by atoms with Crippen LogP contribution in [-0.4, -0.2) is 25.9 Å². The quantitative estimate of drug-likeness (QED) is 0.319. The van der Waals surface area contributed by atoms with Gasteiger partial charge in [0.05, 0.1) is 10.5 Å². The summed E-state index contributed by atoms with van der Waals surface area (Å²) in [5.74, 6) is -0.291. The minimum Gasteiger partial charge on any atom is -0.343 e. The maximum atomic E-state index is 13.1. The van der Waals surface area contributed by atoms with Gasteiger partial charge in [0.2, 0.25) is 0 Å². The maximum absolute atomic E-state index is 13.1. The number of non-ortho nitro benzene ring substituents is 1.